The minimum Gasteiger partial charge on any atom is -0.384 e. The van der Waals surface area contributed by atoms with Crippen LogP contribution >= 0.6 is 23.2 Å². The number of anilines is 2. The molecule has 0 saturated heterocycles. The Bertz CT molecular complexity index is 2090. The summed E-state index contributed by atoms with van der Waals surface area (Å²) in [5.74, 6) is -5.35. The van der Waals surface area contributed by atoms with E-state index in [1.54, 1.807) is 78.9 Å². The van der Waals surface area contributed by atoms with Crippen molar-refractivity contribution in [2.75, 3.05) is 10.6 Å². The second kappa shape index (κ2) is 14.0. The average molecular weight is 769 g/mol. The fraction of sp³-hybridized carbons (Fsp3) is 0.111. The molecule has 6 aromatic rings. The molecule has 4 unspecified atom stereocenters. The van der Waals surface area contributed by atoms with E-state index in [1.807, 2.05) is 0 Å². The number of rotatable bonds is 6. The largest absolute Gasteiger partial charge is 0.384 e. The van der Waals surface area contributed by atoms with Crippen molar-refractivity contribution in [3.8, 4) is 0 Å². The zero-order valence-electron chi connectivity index (χ0n) is 25.3. The van der Waals surface area contributed by atoms with Crippen LogP contribution in [0.1, 0.15) is 43.7 Å². The molecule has 0 aliphatic heterocycles. The molecule has 1 aliphatic carbocycles. The van der Waals surface area contributed by atoms with Gasteiger partial charge in [0.25, 0.3) is 11.8 Å². The van der Waals surface area contributed by atoms with Gasteiger partial charge in [-0.15, -0.1) is 6.07 Å². The van der Waals surface area contributed by atoms with Crippen molar-refractivity contribution in [1.82, 2.24) is 9.97 Å². The zero-order valence-corrected chi connectivity index (χ0v) is 29.7. The van der Waals surface area contributed by atoms with Gasteiger partial charge in [0.15, 0.2) is 11.6 Å². The van der Waals surface area contributed by atoms with Crippen LogP contribution in [0.5, 0.6) is 0 Å². The van der Waals surface area contributed by atoms with Gasteiger partial charge in [-0.3, -0.25) is 19.2 Å². The van der Waals surface area contributed by atoms with E-state index >= 15 is 0 Å². The Labute approximate surface area is 314 Å². The van der Waals surface area contributed by atoms with Crippen LogP contribution in [-0.4, -0.2) is 55.8 Å². The Balaban J connectivity index is 0.00000417. The van der Waals surface area contributed by atoms with Gasteiger partial charge < -0.3 is 30.8 Å². The molecule has 4 atom stereocenters. The quantitative estimate of drug-likeness (QED) is 0.114. The van der Waals surface area contributed by atoms with Crippen LogP contribution in [0.4, 0.5) is 11.4 Å². The van der Waals surface area contributed by atoms with Gasteiger partial charge >= 0.3 is 0 Å². The third-order valence-electron chi connectivity index (χ3n) is 8.60. The van der Waals surface area contributed by atoms with Gasteiger partial charge in [-0.05, 0) is 72.4 Å². The van der Waals surface area contributed by atoms with Gasteiger partial charge in [-0.25, -0.2) is 0 Å². The molecule has 49 heavy (non-hydrogen) atoms. The maximum atomic E-state index is 14.0. The van der Waals surface area contributed by atoms with Crippen molar-refractivity contribution < 1.29 is 62.1 Å². The second-order valence-electron chi connectivity index (χ2n) is 11.4. The number of H-pyrrole nitrogens is 2. The van der Waals surface area contributed by atoms with E-state index in [4.69, 9.17) is 23.2 Å². The molecule has 2 aromatic heterocycles. The maximum Gasteiger partial charge on any atom is 0.255 e. The molecular weight excluding hydrogens is 744 g/mol. The SMILES string of the molecule is O=C(Nc1cc[c-]c2[nH]cc(C3C(=O)C(O)C(c4c[nH]c5cccc(NC(=O)c6ccc(Cl)cc6)c45)C(=O)C3O)c12)c1ccc(Cl)cc1.[Y]. The Hall–Kier alpha value is -4.16. The number of aromatic amines is 2. The van der Waals surface area contributed by atoms with Gasteiger partial charge in [0.2, 0.25) is 0 Å². The van der Waals surface area contributed by atoms with Gasteiger partial charge in [-0.2, -0.15) is 12.1 Å². The first-order chi connectivity index (χ1) is 23.1. The molecule has 4 aromatic carbocycles. The first-order valence-corrected chi connectivity index (χ1v) is 15.6. The van der Waals surface area contributed by atoms with Crippen LogP contribution < -0.4 is 10.6 Å². The standard InChI is InChI=1S/C36H25Cl2N4O6.Y/c37-19-11-7-17(8-12-19)35(47)41-25-5-1-3-23-27(25)21(15-39-23)29-31(43)33(45)30(34(46)32(29)44)22-16-40-24-4-2-6-26(28(22)24)42-36(48)18-9-13-20(38)14-10-18;/h1-3,5-16,29-31,34,39-40,43,46H,(H,41,47)(H,42,48);/q-1;. The first-order valence-electron chi connectivity index (χ1n) is 14.8. The van der Waals surface area contributed by atoms with Crippen molar-refractivity contribution in [2.24, 2.45) is 0 Å². The summed E-state index contributed by atoms with van der Waals surface area (Å²) in [6.45, 7) is 0. The number of benzene rings is 4. The Morgan fingerprint density at radius 2 is 1.16 bits per heavy atom. The van der Waals surface area contributed by atoms with Crippen molar-refractivity contribution in [3.63, 3.8) is 0 Å². The van der Waals surface area contributed by atoms with Crippen LogP contribution in [0.3, 0.4) is 0 Å². The summed E-state index contributed by atoms with van der Waals surface area (Å²) in [4.78, 5) is 60.1. The number of hydrogen-bond acceptors (Lipinski definition) is 6. The number of fused-ring (bicyclic) bond motifs is 2. The number of aromatic nitrogens is 2. The second-order valence-corrected chi connectivity index (χ2v) is 12.3. The number of nitrogens with one attached hydrogen (secondary N) is 4. The van der Waals surface area contributed by atoms with Crippen LogP contribution in [0.2, 0.25) is 10.0 Å². The summed E-state index contributed by atoms with van der Waals surface area (Å²) >= 11 is 11.9. The summed E-state index contributed by atoms with van der Waals surface area (Å²) in [7, 11) is 0. The molecular formula is C36H25Cl2N4O6Y-. The van der Waals surface area contributed by atoms with Gasteiger partial charge in [-0.1, -0.05) is 51.4 Å². The third-order valence-corrected chi connectivity index (χ3v) is 9.10. The van der Waals surface area contributed by atoms with Crippen LogP contribution in [0.25, 0.3) is 21.8 Å². The summed E-state index contributed by atoms with van der Waals surface area (Å²) in [6.07, 6.45) is -0.735. The first kappa shape index (κ1) is 34.7. The van der Waals surface area contributed by atoms with E-state index in [9.17, 15) is 29.4 Å². The van der Waals surface area contributed by atoms with Crippen molar-refractivity contribution >= 4 is 79.8 Å². The van der Waals surface area contributed by atoms with Gasteiger partial charge in [0.05, 0.1) is 17.5 Å². The Morgan fingerprint density at radius 3 is 1.71 bits per heavy atom. The van der Waals surface area contributed by atoms with Gasteiger partial charge in [0, 0.05) is 71.0 Å². The smallest absolute Gasteiger partial charge is 0.255 e. The molecule has 1 saturated carbocycles. The predicted octanol–water partition coefficient (Wildman–Crippen LogP) is 6.00. The van der Waals surface area contributed by atoms with Crippen molar-refractivity contribution in [2.45, 2.75) is 24.0 Å². The minimum atomic E-state index is -1.84. The van der Waals surface area contributed by atoms with E-state index in [0.29, 0.717) is 54.4 Å². The number of aliphatic hydroxyl groups is 2. The third kappa shape index (κ3) is 6.36. The summed E-state index contributed by atoms with van der Waals surface area (Å²) in [5.41, 5.74) is 2.73. The maximum absolute atomic E-state index is 14.0. The van der Waals surface area contributed by atoms with Crippen molar-refractivity contribution in [3.05, 3.63) is 130 Å². The molecule has 1 aliphatic rings. The normalized spacial score (nSPS) is 19.1. The van der Waals surface area contributed by atoms with E-state index < -0.39 is 47.4 Å². The number of hydrogen-bond donors (Lipinski definition) is 6. The molecule has 1 fully saturated rings. The predicted molar refractivity (Wildman–Crippen MR) is 182 cm³/mol. The summed E-state index contributed by atoms with van der Waals surface area (Å²) < 4.78 is 0. The number of amides is 2. The van der Waals surface area contributed by atoms with Gasteiger partial charge in [0.1, 0.15) is 12.2 Å². The minimum absolute atomic E-state index is 0. The van der Waals surface area contributed by atoms with E-state index in [1.165, 1.54) is 12.4 Å². The Morgan fingerprint density at radius 1 is 0.673 bits per heavy atom. The molecule has 0 bridgehead atoms. The fourth-order valence-corrected chi connectivity index (χ4v) is 6.54. The number of aliphatic hydroxyl groups excluding tert-OH is 2. The molecule has 2 heterocycles. The molecule has 0 spiro atoms. The van der Waals surface area contributed by atoms with E-state index in [2.05, 4.69) is 26.7 Å². The molecule has 243 valence electrons. The van der Waals surface area contributed by atoms with Crippen LogP contribution in [0.15, 0.2) is 91.3 Å². The van der Waals surface area contributed by atoms with E-state index in [0.717, 1.165) is 0 Å². The zero-order chi connectivity index (χ0) is 33.7. The molecule has 13 heteroatoms. The molecule has 6 N–H and O–H groups in total. The number of Topliss-reactive ketones (excluding diaryl/α,β-unsaturated/α-hetero) is 2. The number of carbonyl (C=O) groups excluding carboxylic acids is 4. The van der Waals surface area contributed by atoms with E-state index in [-0.39, 0.29) is 43.8 Å². The Kier molecular flexibility index (Phi) is 9.91. The van der Waals surface area contributed by atoms with Crippen LogP contribution in [-0.2, 0) is 42.3 Å². The molecule has 1 radical (unpaired) electrons. The topological polar surface area (TPSA) is 164 Å². The molecule has 7 rings (SSSR count). The van der Waals surface area contributed by atoms with Crippen LogP contribution in [0, 0.1) is 6.07 Å². The number of halogens is 2. The molecule has 2 amide bonds. The number of carbonyl (C=O) groups is 4. The summed E-state index contributed by atoms with van der Waals surface area (Å²) in [5, 5.41) is 30.3. The monoisotopic (exact) mass is 768 g/mol. The number of ketones is 2. The summed E-state index contributed by atoms with van der Waals surface area (Å²) in [6, 6.07) is 23.8. The molecule has 10 nitrogen and oxygen atoms in total. The van der Waals surface area contributed by atoms with Crippen molar-refractivity contribution in [1.29, 1.82) is 0 Å². The fourth-order valence-electron chi connectivity index (χ4n) is 6.29. The average Bonchev–Trinajstić information content (AvgIpc) is 3.71.